The Morgan fingerprint density at radius 1 is 1.02 bits per heavy atom. The first-order chi connectivity index (χ1) is 20.7. The standard InChI is InChI=1S/C32H31F2N5O2S2/c1-3-4-13-38-29(37-16-14-36(15-17-37)27-8-6-5-7-26(27)34)24(21(2)25(19-35)30(38)40)18-28-31(41)39(32(42)43-28)20-22-9-11-23(33)12-10-22/h5-12,18H,3-4,13-17,20H2,1-2H3/b28-18-. The van der Waals surface area contributed by atoms with E-state index in [-0.39, 0.29) is 35.2 Å². The predicted octanol–water partition coefficient (Wildman–Crippen LogP) is 5.83. The molecule has 2 saturated heterocycles. The number of anilines is 2. The van der Waals surface area contributed by atoms with Crippen molar-refractivity contribution in [1.29, 1.82) is 5.26 Å². The lowest BCUT2D eigenvalue weighted by molar-refractivity contribution is -0.122. The number of carbonyl (C=O) groups excluding carboxylic acids is 1. The van der Waals surface area contributed by atoms with Crippen LogP contribution in [0.1, 0.15) is 42.0 Å². The zero-order valence-electron chi connectivity index (χ0n) is 24.0. The molecule has 1 aromatic heterocycles. The van der Waals surface area contributed by atoms with Crippen molar-refractivity contribution in [2.45, 2.75) is 39.8 Å². The monoisotopic (exact) mass is 619 g/mol. The Hall–Kier alpha value is -4.01. The van der Waals surface area contributed by atoms with E-state index >= 15 is 0 Å². The minimum absolute atomic E-state index is 0.0397. The second kappa shape index (κ2) is 13.1. The summed E-state index contributed by atoms with van der Waals surface area (Å²) < 4.78 is 30.0. The highest BCUT2D eigenvalue weighted by Crippen LogP contribution is 2.37. The second-order valence-electron chi connectivity index (χ2n) is 10.5. The van der Waals surface area contributed by atoms with Crippen LogP contribution in [0.4, 0.5) is 20.3 Å². The van der Waals surface area contributed by atoms with Gasteiger partial charge in [-0.1, -0.05) is 61.6 Å². The van der Waals surface area contributed by atoms with Gasteiger partial charge in [-0.05, 0) is 54.8 Å². The van der Waals surface area contributed by atoms with Gasteiger partial charge in [-0.25, -0.2) is 8.78 Å². The van der Waals surface area contributed by atoms with E-state index in [4.69, 9.17) is 12.2 Å². The molecule has 7 nitrogen and oxygen atoms in total. The lowest BCUT2D eigenvalue weighted by Crippen LogP contribution is -2.49. The van der Waals surface area contributed by atoms with Crippen LogP contribution in [0.2, 0.25) is 0 Å². The number of hydrogen-bond donors (Lipinski definition) is 0. The van der Waals surface area contributed by atoms with E-state index in [0.29, 0.717) is 64.6 Å². The maximum atomic E-state index is 14.5. The molecule has 2 aliphatic rings. The molecular weight excluding hydrogens is 589 g/mol. The van der Waals surface area contributed by atoms with Gasteiger partial charge >= 0.3 is 0 Å². The van der Waals surface area contributed by atoms with Crippen LogP contribution in [0.3, 0.4) is 0 Å². The van der Waals surface area contributed by atoms with Crippen LogP contribution < -0.4 is 15.4 Å². The first kappa shape index (κ1) is 30.4. The lowest BCUT2D eigenvalue weighted by Gasteiger charge is -2.39. The van der Waals surface area contributed by atoms with Crippen molar-refractivity contribution in [2.75, 3.05) is 36.0 Å². The normalized spacial score (nSPS) is 16.3. The molecule has 0 spiro atoms. The van der Waals surface area contributed by atoms with Gasteiger partial charge in [0.05, 0.1) is 17.1 Å². The topological polar surface area (TPSA) is 72.6 Å². The quantitative estimate of drug-likeness (QED) is 0.232. The molecule has 2 fully saturated rings. The van der Waals surface area contributed by atoms with Crippen LogP contribution in [0.25, 0.3) is 6.08 Å². The van der Waals surface area contributed by atoms with Gasteiger partial charge in [-0.2, -0.15) is 5.26 Å². The molecule has 2 aliphatic heterocycles. The fraction of sp³-hybridized carbons (Fsp3) is 0.312. The van der Waals surface area contributed by atoms with Crippen molar-refractivity contribution in [3.05, 3.63) is 97.7 Å². The van der Waals surface area contributed by atoms with Crippen LogP contribution in [0.5, 0.6) is 0 Å². The number of pyridine rings is 1. The molecule has 0 aliphatic carbocycles. The molecule has 0 bridgehead atoms. The Bertz CT molecular complexity index is 1690. The molecule has 11 heteroatoms. The van der Waals surface area contributed by atoms with E-state index in [1.807, 2.05) is 17.9 Å². The molecule has 5 rings (SSSR count). The summed E-state index contributed by atoms with van der Waals surface area (Å²) in [6.07, 6.45) is 3.32. The van der Waals surface area contributed by atoms with Crippen LogP contribution >= 0.6 is 24.0 Å². The van der Waals surface area contributed by atoms with Crippen LogP contribution in [-0.2, 0) is 17.9 Å². The van der Waals surface area contributed by atoms with E-state index in [1.165, 1.54) is 23.1 Å². The van der Waals surface area contributed by atoms with Crippen molar-refractivity contribution in [2.24, 2.45) is 0 Å². The average molecular weight is 620 g/mol. The molecule has 0 N–H and O–H groups in total. The predicted molar refractivity (Wildman–Crippen MR) is 171 cm³/mol. The van der Waals surface area contributed by atoms with Gasteiger partial charge in [0.2, 0.25) is 0 Å². The molecule has 0 unspecified atom stereocenters. The average Bonchev–Trinajstić information content (AvgIpc) is 3.27. The molecule has 3 heterocycles. The number of halogens is 2. The Balaban J connectivity index is 1.54. The van der Waals surface area contributed by atoms with E-state index in [2.05, 4.69) is 11.0 Å². The molecular formula is C32H31F2N5O2S2. The molecule has 1 amide bonds. The number of unbranched alkanes of at least 4 members (excludes halogenated alkanes) is 1. The highest BCUT2D eigenvalue weighted by atomic mass is 32.2. The summed E-state index contributed by atoms with van der Waals surface area (Å²) in [7, 11) is 0. The van der Waals surface area contributed by atoms with Gasteiger partial charge in [0, 0.05) is 38.3 Å². The minimum atomic E-state index is -0.363. The van der Waals surface area contributed by atoms with E-state index in [9.17, 15) is 23.6 Å². The molecule has 2 aromatic carbocycles. The van der Waals surface area contributed by atoms with Crippen LogP contribution in [-0.4, -0.2) is 45.9 Å². The van der Waals surface area contributed by atoms with Crippen LogP contribution in [0.15, 0.2) is 58.2 Å². The zero-order chi connectivity index (χ0) is 30.7. The maximum Gasteiger partial charge on any atom is 0.270 e. The number of carbonyl (C=O) groups is 1. The van der Waals surface area contributed by atoms with E-state index < -0.39 is 0 Å². The maximum absolute atomic E-state index is 14.5. The largest absolute Gasteiger partial charge is 0.366 e. The van der Waals surface area contributed by atoms with Gasteiger partial charge in [0.15, 0.2) is 0 Å². The first-order valence-corrected chi connectivity index (χ1v) is 15.4. The SMILES string of the molecule is CCCCn1c(N2CCN(c3ccccc3F)CC2)c(/C=C2\SC(=S)N(Cc3ccc(F)cc3)C2=O)c(C)c(C#N)c1=O. The number of aromatic nitrogens is 1. The van der Waals surface area contributed by atoms with Gasteiger partial charge in [-0.3, -0.25) is 19.1 Å². The third-order valence-corrected chi connectivity index (χ3v) is 9.13. The van der Waals surface area contributed by atoms with Crippen molar-refractivity contribution < 1.29 is 13.6 Å². The van der Waals surface area contributed by atoms with Gasteiger partial charge in [-0.15, -0.1) is 0 Å². The number of hydrogen-bond acceptors (Lipinski definition) is 7. The Morgan fingerprint density at radius 3 is 2.35 bits per heavy atom. The number of rotatable bonds is 8. The fourth-order valence-electron chi connectivity index (χ4n) is 5.42. The number of thiocarbonyl (C=S) groups is 1. The molecule has 43 heavy (non-hydrogen) atoms. The Labute approximate surface area is 259 Å². The summed E-state index contributed by atoms with van der Waals surface area (Å²) in [5.74, 6) is -0.294. The number of benzene rings is 2. The number of para-hydroxylation sites is 1. The summed E-state index contributed by atoms with van der Waals surface area (Å²) in [5, 5.41) is 9.97. The number of thioether (sulfide) groups is 1. The van der Waals surface area contributed by atoms with Crippen molar-refractivity contribution in [3.8, 4) is 6.07 Å². The smallest absolute Gasteiger partial charge is 0.270 e. The number of amides is 1. The highest BCUT2D eigenvalue weighted by Gasteiger charge is 2.34. The Kier molecular flexibility index (Phi) is 9.28. The van der Waals surface area contributed by atoms with Crippen molar-refractivity contribution in [1.82, 2.24) is 9.47 Å². The summed E-state index contributed by atoms with van der Waals surface area (Å²) in [6.45, 7) is 6.46. The van der Waals surface area contributed by atoms with Crippen molar-refractivity contribution in [3.63, 3.8) is 0 Å². The summed E-state index contributed by atoms with van der Waals surface area (Å²) in [6, 6.07) is 14.7. The third kappa shape index (κ3) is 6.21. The summed E-state index contributed by atoms with van der Waals surface area (Å²) in [5.41, 5.74) is 2.07. The number of nitriles is 1. The summed E-state index contributed by atoms with van der Waals surface area (Å²) in [4.78, 5) is 33.1. The van der Waals surface area contributed by atoms with E-state index in [1.54, 1.807) is 41.8 Å². The second-order valence-corrected chi connectivity index (χ2v) is 12.2. The van der Waals surface area contributed by atoms with E-state index in [0.717, 1.165) is 30.2 Å². The van der Waals surface area contributed by atoms with Gasteiger partial charge in [0.1, 0.15) is 33.4 Å². The first-order valence-electron chi connectivity index (χ1n) is 14.1. The third-order valence-electron chi connectivity index (χ3n) is 7.76. The lowest BCUT2D eigenvalue weighted by atomic mass is 10.0. The van der Waals surface area contributed by atoms with Gasteiger partial charge in [0.25, 0.3) is 11.5 Å². The molecule has 3 aromatic rings. The highest BCUT2D eigenvalue weighted by molar-refractivity contribution is 8.26. The number of nitrogens with zero attached hydrogens (tertiary/aromatic N) is 5. The van der Waals surface area contributed by atoms with Crippen LogP contribution in [0, 0.1) is 29.9 Å². The minimum Gasteiger partial charge on any atom is -0.366 e. The molecule has 222 valence electrons. The van der Waals surface area contributed by atoms with Gasteiger partial charge < -0.3 is 9.80 Å². The Morgan fingerprint density at radius 2 is 1.70 bits per heavy atom. The number of piperazine rings is 1. The van der Waals surface area contributed by atoms with Crippen molar-refractivity contribution >= 4 is 51.8 Å². The molecule has 0 atom stereocenters. The zero-order valence-corrected chi connectivity index (χ0v) is 25.6. The summed E-state index contributed by atoms with van der Waals surface area (Å²) >= 11 is 6.71. The fourth-order valence-corrected chi connectivity index (χ4v) is 6.65. The molecule has 0 radical (unpaired) electrons. The molecule has 0 saturated carbocycles.